The van der Waals surface area contributed by atoms with E-state index in [0.717, 1.165) is 0 Å². The van der Waals surface area contributed by atoms with Crippen molar-refractivity contribution in [1.29, 1.82) is 0 Å². The number of hydrogen-bond donors (Lipinski definition) is 0. The van der Waals surface area contributed by atoms with Gasteiger partial charge in [0.05, 0.1) is 0 Å². The van der Waals surface area contributed by atoms with Crippen LogP contribution in [0.2, 0.25) is 19.6 Å². The molecule has 0 fully saturated rings. The largest absolute Gasteiger partial charge is 4.00 e. The Bertz CT molecular complexity index is 194. The minimum atomic E-state index is -0.862. The molecule has 0 spiro atoms. The molecule has 80 valence electrons. The third-order valence-electron chi connectivity index (χ3n) is 1.47. The molecular weight excluding hydrogens is 290 g/mol. The predicted octanol–water partition coefficient (Wildman–Crippen LogP) is -6.17. The molecule has 1 aromatic rings. The fraction of sp³-hybridized carbons (Fsp3) is 0.444. The summed E-state index contributed by atoms with van der Waals surface area (Å²) >= 11 is 0. The topological polar surface area (TPSA) is 0 Å². The Morgan fingerprint density at radius 1 is 0.929 bits per heavy atom. The zero-order valence-electron chi connectivity index (χ0n) is 8.65. The maximum atomic E-state index is 2.40. The average Bonchev–Trinajstić information content (AvgIpc) is 2.12. The van der Waals surface area contributed by atoms with Crippen LogP contribution in [0, 0.1) is 0 Å². The predicted molar refractivity (Wildman–Crippen MR) is 49.1 cm³/mol. The molecule has 0 aliphatic rings. The van der Waals surface area contributed by atoms with E-state index < -0.39 is 8.07 Å². The second-order valence-corrected chi connectivity index (χ2v) is 9.51. The third-order valence-corrected chi connectivity index (χ3v) is 2.94. The van der Waals surface area contributed by atoms with Crippen molar-refractivity contribution in [2.45, 2.75) is 25.7 Å². The Balaban J connectivity index is -0.000000125. The maximum absolute atomic E-state index is 2.40. The van der Waals surface area contributed by atoms with E-state index in [-0.39, 0.29) is 58.9 Å². The monoisotopic (exact) mass is 304 g/mol. The smallest absolute Gasteiger partial charge is 1.00 e. The molecule has 14 heavy (non-hydrogen) atoms. The Labute approximate surface area is 122 Å². The van der Waals surface area contributed by atoms with Gasteiger partial charge in [0.25, 0.3) is 0 Å². The molecule has 0 nitrogen and oxygen atoms in total. The summed E-state index contributed by atoms with van der Waals surface area (Å²) in [6.45, 7) is 7.21. The van der Waals surface area contributed by atoms with Crippen molar-refractivity contribution < 1.29 is 58.9 Å². The molecule has 0 bridgehead atoms. The summed E-state index contributed by atoms with van der Waals surface area (Å²) < 4.78 is 0. The molecule has 0 saturated heterocycles. The van der Waals surface area contributed by atoms with E-state index >= 15 is 0 Å². The van der Waals surface area contributed by atoms with Gasteiger partial charge in [0.15, 0.2) is 0 Å². The first-order valence-electron chi connectivity index (χ1n) is 3.78. The van der Waals surface area contributed by atoms with Crippen LogP contribution in [0.4, 0.5) is 0 Å². The van der Waals surface area contributed by atoms with Crippen LogP contribution in [-0.4, -0.2) is 8.07 Å². The van der Waals surface area contributed by atoms with Gasteiger partial charge < -0.3 is 37.2 Å². The van der Waals surface area contributed by atoms with Gasteiger partial charge in [-0.2, -0.15) is 17.7 Å². The Morgan fingerprint density at radius 2 is 1.29 bits per heavy atom. The molecule has 0 heterocycles. The number of hydrogen-bond acceptors (Lipinski definition) is 0. The van der Waals surface area contributed by atoms with Crippen LogP contribution in [0.15, 0.2) is 24.3 Å². The summed E-state index contributed by atoms with van der Waals surface area (Å²) in [7, 11) is -0.862. The number of rotatable bonds is 2. The Hall–Kier alpha value is 1.15. The van der Waals surface area contributed by atoms with Crippen molar-refractivity contribution in [3.63, 3.8) is 0 Å². The summed E-state index contributed by atoms with van der Waals surface area (Å²) in [5.74, 6) is 0. The minimum Gasteiger partial charge on any atom is -1.00 e. The van der Waals surface area contributed by atoms with Gasteiger partial charge in [-0.3, -0.25) is 0 Å². The summed E-state index contributed by atoms with van der Waals surface area (Å²) in [4.78, 5) is 0. The quantitative estimate of drug-likeness (QED) is 0.377. The second-order valence-electron chi connectivity index (χ2n) is 4.03. The summed E-state index contributed by atoms with van der Waals surface area (Å²) in [6, 6.07) is 10.0. The van der Waals surface area contributed by atoms with Gasteiger partial charge in [0.2, 0.25) is 0 Å². The van der Waals surface area contributed by atoms with E-state index in [2.05, 4.69) is 43.9 Å². The maximum Gasteiger partial charge on any atom is 4.00 e. The van der Waals surface area contributed by atoms with Crippen LogP contribution in [-0.2, 0) is 27.8 Å². The molecular formula is C9H15Cl3SiTi. The summed E-state index contributed by atoms with van der Waals surface area (Å²) in [5.41, 5.74) is 1.51. The molecule has 0 saturated carbocycles. The molecule has 0 unspecified atom stereocenters. The van der Waals surface area contributed by atoms with Crippen LogP contribution >= 0.6 is 0 Å². The molecule has 0 aromatic heterocycles. The van der Waals surface area contributed by atoms with Crippen molar-refractivity contribution >= 4 is 8.07 Å². The first-order valence-corrected chi connectivity index (χ1v) is 7.49. The van der Waals surface area contributed by atoms with Gasteiger partial charge in [0, 0.05) is 8.07 Å². The molecule has 0 aliphatic heterocycles. The van der Waals surface area contributed by atoms with Crippen LogP contribution in [0.3, 0.4) is 0 Å². The molecule has 5 heteroatoms. The van der Waals surface area contributed by atoms with Crippen LogP contribution in [0.1, 0.15) is 5.56 Å². The van der Waals surface area contributed by atoms with E-state index in [4.69, 9.17) is 0 Å². The zero-order valence-corrected chi connectivity index (χ0v) is 13.5. The van der Waals surface area contributed by atoms with E-state index in [0.29, 0.717) is 0 Å². The van der Waals surface area contributed by atoms with Crippen LogP contribution in [0.25, 0.3) is 0 Å². The van der Waals surface area contributed by atoms with Gasteiger partial charge in [-0.1, -0.05) is 25.7 Å². The summed E-state index contributed by atoms with van der Waals surface area (Å²) in [6.07, 6.45) is 0. The Kier molecular flexibility index (Phi) is 18.6. The molecule has 0 amide bonds. The minimum absolute atomic E-state index is 0. The Morgan fingerprint density at radius 3 is 1.57 bits per heavy atom. The molecule has 0 radical (unpaired) electrons. The van der Waals surface area contributed by atoms with E-state index in [1.165, 1.54) is 11.6 Å². The van der Waals surface area contributed by atoms with Gasteiger partial charge >= 0.3 is 21.7 Å². The van der Waals surface area contributed by atoms with E-state index in [9.17, 15) is 0 Å². The van der Waals surface area contributed by atoms with Crippen molar-refractivity contribution in [2.75, 3.05) is 0 Å². The first-order chi connectivity index (χ1) is 4.58. The second kappa shape index (κ2) is 10.7. The van der Waals surface area contributed by atoms with Gasteiger partial charge in [-0.05, 0) is 0 Å². The zero-order chi connectivity index (χ0) is 7.61. The van der Waals surface area contributed by atoms with Gasteiger partial charge in [0.1, 0.15) is 0 Å². The van der Waals surface area contributed by atoms with Crippen molar-refractivity contribution in [1.82, 2.24) is 0 Å². The molecule has 1 rings (SSSR count). The third kappa shape index (κ3) is 11.2. The molecule has 1 aromatic carbocycles. The molecule has 0 atom stereocenters. The van der Waals surface area contributed by atoms with Crippen molar-refractivity contribution in [3.05, 3.63) is 29.8 Å². The van der Waals surface area contributed by atoms with Crippen LogP contribution in [0.5, 0.6) is 0 Å². The van der Waals surface area contributed by atoms with Crippen LogP contribution < -0.4 is 37.2 Å². The molecule has 0 aliphatic carbocycles. The van der Waals surface area contributed by atoms with E-state index in [1.807, 2.05) is 0 Å². The fourth-order valence-electron chi connectivity index (χ4n) is 1.14. The van der Waals surface area contributed by atoms with Crippen molar-refractivity contribution in [2.24, 2.45) is 0 Å². The molecule has 0 N–H and O–H groups in total. The standard InChI is InChI=1S/C9H15Si.3ClH.Ti/c1-10(2,3)8-9-6-4-5-7-9;;;;/h4-7H,8H2,1-3H3;3*1H;/q-1;;;;+4/p-3. The van der Waals surface area contributed by atoms with E-state index in [1.54, 1.807) is 0 Å². The van der Waals surface area contributed by atoms with Crippen molar-refractivity contribution in [3.8, 4) is 0 Å². The normalized spacial score (nSPS) is 8.50. The fourth-order valence-corrected chi connectivity index (χ4v) is 2.60. The first kappa shape index (κ1) is 24.4. The average molecular weight is 306 g/mol. The number of halogens is 3. The SMILES string of the molecule is C[Si](C)(C)C[c-]1cccc1.[Cl-].[Cl-].[Cl-].[Ti+4]. The van der Waals surface area contributed by atoms with Gasteiger partial charge in [-0.25, -0.2) is 12.1 Å². The summed E-state index contributed by atoms with van der Waals surface area (Å²) in [5, 5.41) is 0. The van der Waals surface area contributed by atoms with Gasteiger partial charge in [-0.15, -0.1) is 0 Å².